The molecule has 0 radical (unpaired) electrons. The van der Waals surface area contributed by atoms with E-state index in [1.165, 1.54) is 0 Å². The first-order chi connectivity index (χ1) is 11.1. The molecule has 0 aromatic carbocycles. The first kappa shape index (κ1) is 15.8. The number of rotatable bonds is 5. The highest BCUT2D eigenvalue weighted by Crippen LogP contribution is 2.32. The van der Waals surface area contributed by atoms with Crippen LogP contribution in [-0.4, -0.2) is 28.6 Å². The van der Waals surface area contributed by atoms with Gasteiger partial charge in [0, 0.05) is 36.6 Å². The summed E-state index contributed by atoms with van der Waals surface area (Å²) in [7, 11) is 0. The summed E-state index contributed by atoms with van der Waals surface area (Å²) in [4.78, 5) is 23.8. The van der Waals surface area contributed by atoms with Gasteiger partial charge in [-0.25, -0.2) is 5.43 Å². The van der Waals surface area contributed by atoms with Crippen LogP contribution in [-0.2, 0) is 9.59 Å². The molecule has 1 aromatic rings. The number of hydrogen-bond donors (Lipinski definition) is 2. The summed E-state index contributed by atoms with van der Waals surface area (Å²) < 4.78 is 2.24. The molecule has 23 heavy (non-hydrogen) atoms. The number of hydrazone groups is 1. The van der Waals surface area contributed by atoms with Gasteiger partial charge in [0.05, 0.1) is 5.92 Å². The van der Waals surface area contributed by atoms with E-state index in [9.17, 15) is 9.59 Å². The SMILES string of the molecule is CC1=NNC(=O)[C@@H]1CCNC(=O)C1CCC(n2cccc2)CC1. The normalized spacial score (nSPS) is 27.4. The molecule has 1 aliphatic carbocycles. The molecular formula is C17H24N4O2. The molecule has 124 valence electrons. The van der Waals surface area contributed by atoms with E-state index in [1.54, 1.807) is 0 Å². The molecule has 3 rings (SSSR count). The third-order valence-corrected chi connectivity index (χ3v) is 5.01. The molecule has 0 spiro atoms. The van der Waals surface area contributed by atoms with Crippen molar-refractivity contribution < 1.29 is 9.59 Å². The van der Waals surface area contributed by atoms with Gasteiger partial charge in [-0.3, -0.25) is 9.59 Å². The Morgan fingerprint density at radius 1 is 1.30 bits per heavy atom. The molecule has 0 saturated heterocycles. The first-order valence-electron chi connectivity index (χ1n) is 8.39. The topological polar surface area (TPSA) is 75.5 Å². The average Bonchev–Trinajstić information content (AvgIpc) is 3.20. The van der Waals surface area contributed by atoms with Crippen molar-refractivity contribution in [2.45, 2.75) is 45.1 Å². The Labute approximate surface area is 136 Å². The lowest BCUT2D eigenvalue weighted by Crippen LogP contribution is -2.35. The summed E-state index contributed by atoms with van der Waals surface area (Å²) in [6.07, 6.45) is 8.76. The number of nitrogens with zero attached hydrogens (tertiary/aromatic N) is 2. The zero-order valence-corrected chi connectivity index (χ0v) is 13.5. The Hall–Kier alpha value is -2.11. The molecule has 2 N–H and O–H groups in total. The minimum atomic E-state index is -0.195. The summed E-state index contributed by atoms with van der Waals surface area (Å²) in [6, 6.07) is 4.61. The maximum atomic E-state index is 12.3. The number of carbonyl (C=O) groups is 2. The van der Waals surface area contributed by atoms with Gasteiger partial charge in [-0.15, -0.1) is 0 Å². The third kappa shape index (κ3) is 3.63. The van der Waals surface area contributed by atoms with Crippen LogP contribution in [0.3, 0.4) is 0 Å². The lowest BCUT2D eigenvalue weighted by molar-refractivity contribution is -0.127. The molecule has 2 amide bonds. The summed E-state index contributed by atoms with van der Waals surface area (Å²) in [6.45, 7) is 2.37. The van der Waals surface area contributed by atoms with Gasteiger partial charge in [0.15, 0.2) is 0 Å². The highest BCUT2D eigenvalue weighted by Gasteiger charge is 2.28. The summed E-state index contributed by atoms with van der Waals surface area (Å²) in [5, 5.41) is 6.91. The molecule has 1 atom stereocenters. The fourth-order valence-corrected chi connectivity index (χ4v) is 3.54. The van der Waals surface area contributed by atoms with Crippen LogP contribution in [0.2, 0.25) is 0 Å². The van der Waals surface area contributed by atoms with Crippen molar-refractivity contribution in [2.75, 3.05) is 6.54 Å². The van der Waals surface area contributed by atoms with Crippen molar-refractivity contribution in [3.05, 3.63) is 24.5 Å². The quantitative estimate of drug-likeness (QED) is 0.870. The van der Waals surface area contributed by atoms with Gasteiger partial charge < -0.3 is 9.88 Å². The smallest absolute Gasteiger partial charge is 0.248 e. The second-order valence-corrected chi connectivity index (χ2v) is 6.50. The number of nitrogens with one attached hydrogen (secondary N) is 2. The van der Waals surface area contributed by atoms with Gasteiger partial charge in [-0.2, -0.15) is 5.10 Å². The number of hydrogen-bond acceptors (Lipinski definition) is 3. The molecule has 6 heteroatoms. The van der Waals surface area contributed by atoms with Crippen molar-refractivity contribution in [3.8, 4) is 0 Å². The summed E-state index contributed by atoms with van der Waals surface area (Å²) >= 11 is 0. The Morgan fingerprint density at radius 3 is 2.61 bits per heavy atom. The Bertz CT molecular complexity index is 586. The minimum absolute atomic E-state index is 0.0658. The van der Waals surface area contributed by atoms with Crippen molar-refractivity contribution in [1.82, 2.24) is 15.3 Å². The van der Waals surface area contributed by atoms with Crippen LogP contribution in [0.5, 0.6) is 0 Å². The highest BCUT2D eigenvalue weighted by atomic mass is 16.2. The highest BCUT2D eigenvalue weighted by molar-refractivity contribution is 6.06. The molecule has 1 aliphatic heterocycles. The van der Waals surface area contributed by atoms with Gasteiger partial charge in [0.25, 0.3) is 0 Å². The van der Waals surface area contributed by atoms with E-state index < -0.39 is 0 Å². The van der Waals surface area contributed by atoms with Crippen LogP contribution in [0.4, 0.5) is 0 Å². The van der Waals surface area contributed by atoms with Gasteiger partial charge >= 0.3 is 0 Å². The minimum Gasteiger partial charge on any atom is -0.356 e. The molecule has 1 aromatic heterocycles. The second-order valence-electron chi connectivity index (χ2n) is 6.50. The molecule has 2 aliphatic rings. The lowest BCUT2D eigenvalue weighted by Gasteiger charge is -2.29. The Balaban J connectivity index is 1.40. The largest absolute Gasteiger partial charge is 0.356 e. The van der Waals surface area contributed by atoms with Crippen molar-refractivity contribution in [1.29, 1.82) is 0 Å². The van der Waals surface area contributed by atoms with Crippen LogP contribution < -0.4 is 10.7 Å². The first-order valence-corrected chi connectivity index (χ1v) is 8.39. The van der Waals surface area contributed by atoms with Gasteiger partial charge in [0.2, 0.25) is 11.8 Å². The van der Waals surface area contributed by atoms with E-state index in [4.69, 9.17) is 0 Å². The lowest BCUT2D eigenvalue weighted by atomic mass is 9.85. The number of amides is 2. The fraction of sp³-hybridized carbons (Fsp3) is 0.588. The van der Waals surface area contributed by atoms with Gasteiger partial charge in [-0.1, -0.05) is 0 Å². The molecule has 0 bridgehead atoms. The zero-order chi connectivity index (χ0) is 16.2. The third-order valence-electron chi connectivity index (χ3n) is 5.01. The van der Waals surface area contributed by atoms with Crippen LogP contribution in [0.25, 0.3) is 0 Å². The molecule has 2 heterocycles. The number of carbonyl (C=O) groups excluding carboxylic acids is 2. The van der Waals surface area contributed by atoms with E-state index >= 15 is 0 Å². The predicted octanol–water partition coefficient (Wildman–Crippen LogP) is 1.85. The second kappa shape index (κ2) is 6.98. The Kier molecular flexibility index (Phi) is 4.79. The van der Waals surface area contributed by atoms with Gasteiger partial charge in [0.1, 0.15) is 0 Å². The number of aromatic nitrogens is 1. The van der Waals surface area contributed by atoms with Crippen molar-refractivity contribution in [2.24, 2.45) is 16.9 Å². The molecule has 1 saturated carbocycles. The van der Waals surface area contributed by atoms with E-state index in [2.05, 4.69) is 32.8 Å². The molecule has 6 nitrogen and oxygen atoms in total. The molecule has 1 fully saturated rings. The summed E-state index contributed by atoms with van der Waals surface area (Å²) in [5.41, 5.74) is 3.28. The van der Waals surface area contributed by atoms with E-state index in [0.29, 0.717) is 19.0 Å². The zero-order valence-electron chi connectivity index (χ0n) is 13.5. The van der Waals surface area contributed by atoms with Crippen molar-refractivity contribution in [3.63, 3.8) is 0 Å². The maximum absolute atomic E-state index is 12.3. The maximum Gasteiger partial charge on any atom is 0.248 e. The van der Waals surface area contributed by atoms with Crippen molar-refractivity contribution >= 4 is 17.5 Å². The Morgan fingerprint density at radius 2 is 2.00 bits per heavy atom. The van der Waals surface area contributed by atoms with E-state index in [0.717, 1.165) is 31.4 Å². The van der Waals surface area contributed by atoms with Crippen LogP contribution in [0, 0.1) is 11.8 Å². The van der Waals surface area contributed by atoms with Crippen LogP contribution in [0.1, 0.15) is 45.1 Å². The average molecular weight is 316 g/mol. The van der Waals surface area contributed by atoms with E-state index in [1.807, 2.05) is 19.1 Å². The van der Waals surface area contributed by atoms with Crippen LogP contribution in [0.15, 0.2) is 29.6 Å². The fourth-order valence-electron chi connectivity index (χ4n) is 3.54. The van der Waals surface area contributed by atoms with E-state index in [-0.39, 0.29) is 23.7 Å². The summed E-state index contributed by atoms with van der Waals surface area (Å²) in [5.74, 6) is -0.0262. The standard InChI is InChI=1S/C17H24N4O2/c1-12-15(17(23)20-19-12)8-9-18-16(22)13-4-6-14(7-5-13)21-10-2-3-11-21/h2-3,10-11,13-15H,4-9H2,1H3,(H,18,22)(H,20,23)/t13?,14?,15-/m1/s1. The van der Waals surface area contributed by atoms with Gasteiger partial charge in [-0.05, 0) is 51.2 Å². The van der Waals surface area contributed by atoms with Crippen LogP contribution >= 0.6 is 0 Å². The predicted molar refractivity (Wildman–Crippen MR) is 87.8 cm³/mol. The monoisotopic (exact) mass is 316 g/mol. The molecular weight excluding hydrogens is 292 g/mol. The molecule has 0 unspecified atom stereocenters.